The van der Waals surface area contributed by atoms with Crippen LogP contribution >= 0.6 is 0 Å². The van der Waals surface area contributed by atoms with Crippen molar-refractivity contribution in [2.24, 2.45) is 18.7 Å². The summed E-state index contributed by atoms with van der Waals surface area (Å²) in [4.78, 5) is 0. The Kier molecular flexibility index (Phi) is 4.04. The van der Waals surface area contributed by atoms with Crippen molar-refractivity contribution in [3.63, 3.8) is 0 Å². The summed E-state index contributed by atoms with van der Waals surface area (Å²) in [5, 5.41) is 4.76. The second-order valence-electron chi connectivity index (χ2n) is 4.88. The Labute approximate surface area is 109 Å². The zero-order valence-corrected chi connectivity index (χ0v) is 11.5. The maximum absolute atomic E-state index is 5.90. The number of rotatable bonds is 5. The first kappa shape index (κ1) is 13.1. The van der Waals surface area contributed by atoms with Gasteiger partial charge in [-0.1, -0.05) is 31.5 Å². The number of hydrogen-bond donors (Lipinski definition) is 2. The zero-order valence-electron chi connectivity index (χ0n) is 11.5. The number of para-hydroxylation sites is 1. The normalized spacial score (nSPS) is 14.9. The van der Waals surface area contributed by atoms with Crippen LogP contribution in [0.1, 0.15) is 24.9 Å². The summed E-state index contributed by atoms with van der Waals surface area (Å²) in [5.74, 6) is 0.473. The third-order valence-electron chi connectivity index (χ3n) is 3.87. The van der Waals surface area contributed by atoms with Crippen LogP contribution in [0.25, 0.3) is 10.9 Å². The van der Waals surface area contributed by atoms with Gasteiger partial charge in [-0.2, -0.15) is 0 Å². The molecule has 3 N–H and O–H groups in total. The average Bonchev–Trinajstić information content (AvgIpc) is 2.74. The van der Waals surface area contributed by atoms with Crippen molar-refractivity contribution in [1.29, 1.82) is 0 Å². The van der Waals surface area contributed by atoms with Crippen LogP contribution in [-0.2, 0) is 7.05 Å². The Morgan fingerprint density at radius 3 is 2.67 bits per heavy atom. The molecule has 18 heavy (non-hydrogen) atoms. The fraction of sp³-hybridized carbons (Fsp3) is 0.467. The Morgan fingerprint density at radius 2 is 2.06 bits per heavy atom. The van der Waals surface area contributed by atoms with Crippen LogP contribution in [0.5, 0.6) is 0 Å². The van der Waals surface area contributed by atoms with Crippen molar-refractivity contribution >= 4 is 10.9 Å². The molecule has 0 amide bonds. The molecule has 1 aromatic carbocycles. The van der Waals surface area contributed by atoms with Gasteiger partial charge in [-0.25, -0.2) is 0 Å². The highest BCUT2D eigenvalue weighted by Gasteiger charge is 2.22. The summed E-state index contributed by atoms with van der Waals surface area (Å²) >= 11 is 0. The van der Waals surface area contributed by atoms with Crippen LogP contribution in [0.15, 0.2) is 30.5 Å². The zero-order chi connectivity index (χ0) is 13.1. The molecular formula is C15H23N3. The number of benzene rings is 1. The number of nitrogens with one attached hydrogen (secondary N) is 1. The highest BCUT2D eigenvalue weighted by atomic mass is 14.9. The molecule has 0 saturated heterocycles. The summed E-state index contributed by atoms with van der Waals surface area (Å²) in [6.07, 6.45) is 3.31. The van der Waals surface area contributed by atoms with E-state index >= 15 is 0 Å². The fourth-order valence-electron chi connectivity index (χ4n) is 2.80. The smallest absolute Gasteiger partial charge is 0.0481 e. The van der Waals surface area contributed by atoms with Gasteiger partial charge in [0.25, 0.3) is 0 Å². The van der Waals surface area contributed by atoms with Gasteiger partial charge in [0, 0.05) is 30.2 Å². The topological polar surface area (TPSA) is 43.0 Å². The van der Waals surface area contributed by atoms with Crippen molar-refractivity contribution in [3.05, 3.63) is 36.0 Å². The summed E-state index contributed by atoms with van der Waals surface area (Å²) in [6, 6.07) is 8.86. The first-order valence-electron chi connectivity index (χ1n) is 6.64. The number of aromatic nitrogens is 1. The molecule has 2 aromatic rings. The molecular weight excluding hydrogens is 222 g/mol. The third-order valence-corrected chi connectivity index (χ3v) is 3.87. The maximum Gasteiger partial charge on any atom is 0.0481 e. The SMILES string of the molecule is CCC(CN)C(NC)c1cn(C)c2ccccc12. The molecule has 3 nitrogen and oxygen atoms in total. The van der Waals surface area contributed by atoms with Gasteiger partial charge >= 0.3 is 0 Å². The summed E-state index contributed by atoms with van der Waals surface area (Å²) in [5.41, 5.74) is 8.53. The maximum atomic E-state index is 5.90. The molecule has 0 bridgehead atoms. The van der Waals surface area contributed by atoms with Crippen LogP contribution < -0.4 is 11.1 Å². The minimum absolute atomic E-state index is 0.325. The average molecular weight is 245 g/mol. The molecule has 0 spiro atoms. The molecule has 2 unspecified atom stereocenters. The molecule has 0 aliphatic heterocycles. The van der Waals surface area contributed by atoms with E-state index in [1.54, 1.807) is 0 Å². The highest BCUT2D eigenvalue weighted by Crippen LogP contribution is 2.31. The molecule has 2 atom stereocenters. The van der Waals surface area contributed by atoms with E-state index in [9.17, 15) is 0 Å². The number of nitrogens with zero attached hydrogens (tertiary/aromatic N) is 1. The molecule has 98 valence electrons. The van der Waals surface area contributed by atoms with Crippen LogP contribution in [0.4, 0.5) is 0 Å². The van der Waals surface area contributed by atoms with E-state index in [2.05, 4.69) is 54.3 Å². The van der Waals surface area contributed by atoms with Crippen LogP contribution in [0, 0.1) is 5.92 Å². The minimum Gasteiger partial charge on any atom is -0.350 e. The predicted molar refractivity (Wildman–Crippen MR) is 77.6 cm³/mol. The lowest BCUT2D eigenvalue weighted by Crippen LogP contribution is -2.30. The fourth-order valence-corrected chi connectivity index (χ4v) is 2.80. The highest BCUT2D eigenvalue weighted by molar-refractivity contribution is 5.84. The number of fused-ring (bicyclic) bond motifs is 1. The molecule has 1 aromatic heterocycles. The Hall–Kier alpha value is -1.32. The van der Waals surface area contributed by atoms with E-state index in [-0.39, 0.29) is 0 Å². The molecule has 0 radical (unpaired) electrons. The molecule has 2 rings (SSSR count). The van der Waals surface area contributed by atoms with Crippen molar-refractivity contribution in [2.75, 3.05) is 13.6 Å². The Bertz CT molecular complexity index is 511. The quantitative estimate of drug-likeness (QED) is 0.849. The predicted octanol–water partition coefficient (Wildman–Crippen LogP) is 2.42. The van der Waals surface area contributed by atoms with Crippen molar-refractivity contribution in [3.8, 4) is 0 Å². The minimum atomic E-state index is 0.325. The van der Waals surface area contributed by atoms with Gasteiger partial charge in [-0.3, -0.25) is 0 Å². The lowest BCUT2D eigenvalue weighted by Gasteiger charge is -2.24. The van der Waals surface area contributed by atoms with Gasteiger partial charge in [0.05, 0.1) is 0 Å². The van der Waals surface area contributed by atoms with Crippen molar-refractivity contribution in [2.45, 2.75) is 19.4 Å². The standard InChI is InChI=1S/C15H23N3/c1-4-11(9-16)15(17-2)13-10-18(3)14-8-6-5-7-12(13)14/h5-8,10-11,15,17H,4,9,16H2,1-3H3. The van der Waals surface area contributed by atoms with Gasteiger partial charge in [-0.15, -0.1) is 0 Å². The van der Waals surface area contributed by atoms with E-state index in [0.717, 1.165) is 6.42 Å². The number of nitrogens with two attached hydrogens (primary N) is 1. The Balaban J connectivity index is 2.51. The van der Waals surface area contributed by atoms with E-state index < -0.39 is 0 Å². The molecule has 3 heteroatoms. The van der Waals surface area contributed by atoms with Crippen molar-refractivity contribution < 1.29 is 0 Å². The van der Waals surface area contributed by atoms with Crippen molar-refractivity contribution in [1.82, 2.24) is 9.88 Å². The molecule has 0 aliphatic rings. The summed E-state index contributed by atoms with van der Waals surface area (Å²) in [7, 11) is 4.12. The molecule has 0 fully saturated rings. The van der Waals surface area contributed by atoms with E-state index in [1.807, 2.05) is 7.05 Å². The van der Waals surface area contributed by atoms with Crippen LogP contribution in [0.2, 0.25) is 0 Å². The number of hydrogen-bond acceptors (Lipinski definition) is 2. The third kappa shape index (κ3) is 2.16. The van der Waals surface area contributed by atoms with Gasteiger partial charge in [0.1, 0.15) is 0 Å². The van der Waals surface area contributed by atoms with Gasteiger partial charge in [0.15, 0.2) is 0 Å². The summed E-state index contributed by atoms with van der Waals surface area (Å²) < 4.78 is 2.19. The monoisotopic (exact) mass is 245 g/mol. The van der Waals surface area contributed by atoms with Gasteiger partial charge < -0.3 is 15.6 Å². The van der Waals surface area contributed by atoms with E-state index in [0.29, 0.717) is 18.5 Å². The second-order valence-corrected chi connectivity index (χ2v) is 4.88. The first-order valence-corrected chi connectivity index (χ1v) is 6.64. The lowest BCUT2D eigenvalue weighted by atomic mass is 9.91. The molecule has 0 saturated carbocycles. The van der Waals surface area contributed by atoms with E-state index in [1.165, 1.54) is 16.5 Å². The van der Waals surface area contributed by atoms with Gasteiger partial charge in [-0.05, 0) is 31.1 Å². The first-order chi connectivity index (χ1) is 8.72. The van der Waals surface area contributed by atoms with Crippen LogP contribution in [-0.4, -0.2) is 18.2 Å². The summed E-state index contributed by atoms with van der Waals surface area (Å²) in [6.45, 7) is 2.91. The largest absolute Gasteiger partial charge is 0.350 e. The second kappa shape index (κ2) is 5.55. The molecule has 0 aliphatic carbocycles. The number of aryl methyl sites for hydroxylation is 1. The lowest BCUT2D eigenvalue weighted by molar-refractivity contribution is 0.380. The van der Waals surface area contributed by atoms with Gasteiger partial charge in [0.2, 0.25) is 0 Å². The van der Waals surface area contributed by atoms with E-state index in [4.69, 9.17) is 5.73 Å². The van der Waals surface area contributed by atoms with Crippen LogP contribution in [0.3, 0.4) is 0 Å². The Morgan fingerprint density at radius 1 is 1.33 bits per heavy atom. The molecule has 1 heterocycles.